The van der Waals surface area contributed by atoms with Gasteiger partial charge in [0.25, 0.3) is 11.8 Å². The number of hydrogen-bond acceptors (Lipinski definition) is 5. The van der Waals surface area contributed by atoms with E-state index in [0.29, 0.717) is 10.6 Å². The quantitative estimate of drug-likeness (QED) is 0.376. The molecule has 0 saturated carbocycles. The molecule has 1 aromatic heterocycles. The maximum absolute atomic E-state index is 12.7. The molecule has 3 aromatic rings. The Hall–Kier alpha value is -3.42. The molecular formula is C24H21ClN2O4S. The smallest absolute Gasteiger partial charge is 0.325 e. The van der Waals surface area contributed by atoms with Crippen LogP contribution >= 0.6 is 22.9 Å². The number of rotatable bonds is 8. The van der Waals surface area contributed by atoms with Gasteiger partial charge in [0.15, 0.2) is 0 Å². The summed E-state index contributed by atoms with van der Waals surface area (Å²) >= 11 is 7.70. The van der Waals surface area contributed by atoms with Crippen LogP contribution in [0.1, 0.15) is 22.2 Å². The van der Waals surface area contributed by atoms with Crippen LogP contribution < -0.4 is 10.6 Å². The number of carbonyl (C=O) groups is 3. The summed E-state index contributed by atoms with van der Waals surface area (Å²) in [5, 5.41) is 5.74. The first kappa shape index (κ1) is 23.2. The molecule has 0 bridgehead atoms. The van der Waals surface area contributed by atoms with Crippen molar-refractivity contribution in [1.82, 2.24) is 10.6 Å². The number of benzene rings is 2. The van der Waals surface area contributed by atoms with Crippen molar-refractivity contribution in [3.8, 4) is 10.4 Å². The fourth-order valence-electron chi connectivity index (χ4n) is 2.78. The standard InChI is InChI=1S/C24H21ClN2O4S/c1-2-31-22(28)15-26-24(30)20(27-23(29)16-8-4-3-5-9-16)14-17-12-13-21(32-17)18-10-6-7-11-19(18)25/h3-14H,2,15H2,1H3,(H,26,30)(H,27,29). The minimum Gasteiger partial charge on any atom is -0.465 e. The highest BCUT2D eigenvalue weighted by Gasteiger charge is 2.16. The van der Waals surface area contributed by atoms with Crippen molar-refractivity contribution < 1.29 is 19.1 Å². The molecule has 0 aliphatic carbocycles. The van der Waals surface area contributed by atoms with E-state index in [1.165, 1.54) is 11.3 Å². The summed E-state index contributed by atoms with van der Waals surface area (Å²) in [6, 6.07) is 19.7. The highest BCUT2D eigenvalue weighted by atomic mass is 35.5. The van der Waals surface area contributed by atoms with Gasteiger partial charge < -0.3 is 15.4 Å². The summed E-state index contributed by atoms with van der Waals surface area (Å²) in [5.41, 5.74) is 1.29. The zero-order chi connectivity index (χ0) is 22.9. The molecule has 0 unspecified atom stereocenters. The molecule has 32 heavy (non-hydrogen) atoms. The molecule has 2 aromatic carbocycles. The van der Waals surface area contributed by atoms with Crippen LogP contribution in [0.5, 0.6) is 0 Å². The zero-order valence-electron chi connectivity index (χ0n) is 17.3. The highest BCUT2D eigenvalue weighted by Crippen LogP contribution is 2.33. The number of esters is 1. The fourth-order valence-corrected chi connectivity index (χ4v) is 4.06. The van der Waals surface area contributed by atoms with Gasteiger partial charge in [0.1, 0.15) is 12.2 Å². The van der Waals surface area contributed by atoms with E-state index in [1.807, 2.05) is 30.3 Å². The lowest BCUT2D eigenvalue weighted by Crippen LogP contribution is -2.37. The molecule has 0 aliphatic rings. The number of carbonyl (C=O) groups excluding carboxylic acids is 3. The average Bonchev–Trinajstić information content (AvgIpc) is 3.26. The topological polar surface area (TPSA) is 84.5 Å². The number of amides is 2. The van der Waals surface area contributed by atoms with Gasteiger partial charge in [-0.15, -0.1) is 11.3 Å². The highest BCUT2D eigenvalue weighted by molar-refractivity contribution is 7.16. The first-order chi connectivity index (χ1) is 15.5. The number of nitrogens with one attached hydrogen (secondary N) is 2. The third-order valence-corrected chi connectivity index (χ3v) is 5.68. The second-order valence-corrected chi connectivity index (χ2v) is 8.07. The van der Waals surface area contributed by atoms with Crippen molar-refractivity contribution in [2.45, 2.75) is 6.92 Å². The lowest BCUT2D eigenvalue weighted by atomic mass is 10.2. The largest absolute Gasteiger partial charge is 0.465 e. The van der Waals surface area contributed by atoms with E-state index in [0.717, 1.165) is 15.3 Å². The number of thiophene rings is 1. The minimum absolute atomic E-state index is 0.00992. The predicted molar refractivity (Wildman–Crippen MR) is 126 cm³/mol. The van der Waals surface area contributed by atoms with E-state index in [-0.39, 0.29) is 18.8 Å². The molecular weight excluding hydrogens is 448 g/mol. The van der Waals surface area contributed by atoms with E-state index in [9.17, 15) is 14.4 Å². The van der Waals surface area contributed by atoms with Crippen molar-refractivity contribution >= 4 is 46.8 Å². The summed E-state index contributed by atoms with van der Waals surface area (Å²) in [4.78, 5) is 38.6. The van der Waals surface area contributed by atoms with Gasteiger partial charge in [-0.1, -0.05) is 48.0 Å². The Bertz CT molecular complexity index is 1140. The van der Waals surface area contributed by atoms with Crippen LogP contribution in [-0.4, -0.2) is 30.9 Å². The van der Waals surface area contributed by atoms with E-state index >= 15 is 0 Å². The fraction of sp³-hybridized carbons (Fsp3) is 0.125. The number of ether oxygens (including phenoxy) is 1. The SMILES string of the molecule is CCOC(=O)CNC(=O)C(=Cc1ccc(-c2ccccc2Cl)s1)NC(=O)c1ccccc1. The van der Waals surface area contributed by atoms with Crippen molar-refractivity contribution in [2.75, 3.05) is 13.2 Å². The van der Waals surface area contributed by atoms with Gasteiger partial charge in [0.05, 0.1) is 6.61 Å². The van der Waals surface area contributed by atoms with Crippen LogP contribution in [0.2, 0.25) is 5.02 Å². The number of hydrogen-bond donors (Lipinski definition) is 2. The molecule has 0 spiro atoms. The van der Waals surface area contributed by atoms with Gasteiger partial charge in [-0.2, -0.15) is 0 Å². The normalized spacial score (nSPS) is 11.0. The van der Waals surface area contributed by atoms with Gasteiger partial charge in [-0.05, 0) is 43.3 Å². The maximum atomic E-state index is 12.7. The van der Waals surface area contributed by atoms with Crippen LogP contribution in [0.4, 0.5) is 0 Å². The summed E-state index contributed by atoms with van der Waals surface area (Å²) in [6.45, 7) is 1.58. The van der Waals surface area contributed by atoms with Crippen LogP contribution in [-0.2, 0) is 14.3 Å². The Kier molecular flexibility index (Phi) is 8.19. The summed E-state index contributed by atoms with van der Waals surface area (Å²) in [6.07, 6.45) is 1.56. The van der Waals surface area contributed by atoms with Crippen molar-refractivity contribution in [3.63, 3.8) is 0 Å². The van der Waals surface area contributed by atoms with E-state index in [1.54, 1.807) is 49.4 Å². The Balaban J connectivity index is 1.85. The molecule has 0 aliphatic heterocycles. The van der Waals surface area contributed by atoms with E-state index < -0.39 is 17.8 Å². The third-order valence-electron chi connectivity index (χ3n) is 4.28. The first-order valence-corrected chi connectivity index (χ1v) is 11.0. The van der Waals surface area contributed by atoms with Crippen LogP contribution in [0.15, 0.2) is 72.4 Å². The van der Waals surface area contributed by atoms with Crippen molar-refractivity contribution in [1.29, 1.82) is 0 Å². The molecule has 0 radical (unpaired) electrons. The Morgan fingerprint density at radius 2 is 1.72 bits per heavy atom. The van der Waals surface area contributed by atoms with Crippen LogP contribution in [0.25, 0.3) is 16.5 Å². The molecule has 2 amide bonds. The van der Waals surface area contributed by atoms with Gasteiger partial charge in [-0.3, -0.25) is 14.4 Å². The minimum atomic E-state index is -0.602. The Morgan fingerprint density at radius 3 is 2.44 bits per heavy atom. The summed E-state index contributed by atoms with van der Waals surface area (Å²) in [7, 11) is 0. The van der Waals surface area contributed by atoms with Crippen molar-refractivity contribution in [2.24, 2.45) is 0 Å². The maximum Gasteiger partial charge on any atom is 0.325 e. The van der Waals surface area contributed by atoms with Crippen LogP contribution in [0, 0.1) is 0 Å². The first-order valence-electron chi connectivity index (χ1n) is 9.84. The monoisotopic (exact) mass is 468 g/mol. The second-order valence-electron chi connectivity index (χ2n) is 6.55. The molecule has 0 saturated heterocycles. The Labute approximate surface area is 194 Å². The van der Waals surface area contributed by atoms with Gasteiger partial charge in [-0.25, -0.2) is 0 Å². The molecule has 164 valence electrons. The van der Waals surface area contributed by atoms with Crippen molar-refractivity contribution in [3.05, 3.63) is 87.9 Å². The molecule has 6 nitrogen and oxygen atoms in total. The number of halogens is 1. The molecule has 0 fully saturated rings. The molecule has 1 heterocycles. The third kappa shape index (κ3) is 6.29. The lowest BCUT2D eigenvalue weighted by molar-refractivity contribution is -0.143. The second kappa shape index (κ2) is 11.3. The lowest BCUT2D eigenvalue weighted by Gasteiger charge is -2.10. The summed E-state index contributed by atoms with van der Waals surface area (Å²) < 4.78 is 4.83. The van der Waals surface area contributed by atoms with E-state index in [2.05, 4.69) is 10.6 Å². The Morgan fingerprint density at radius 1 is 1.00 bits per heavy atom. The molecule has 2 N–H and O–H groups in total. The molecule has 0 atom stereocenters. The average molecular weight is 469 g/mol. The van der Waals surface area contributed by atoms with Gasteiger partial charge in [0, 0.05) is 25.9 Å². The van der Waals surface area contributed by atoms with Crippen LogP contribution in [0.3, 0.4) is 0 Å². The van der Waals surface area contributed by atoms with Gasteiger partial charge in [0.2, 0.25) is 0 Å². The molecule has 3 rings (SSSR count). The molecule has 8 heteroatoms. The van der Waals surface area contributed by atoms with Gasteiger partial charge >= 0.3 is 5.97 Å². The van der Waals surface area contributed by atoms with E-state index in [4.69, 9.17) is 16.3 Å². The predicted octanol–water partition coefficient (Wildman–Crippen LogP) is 4.52. The summed E-state index contributed by atoms with van der Waals surface area (Å²) in [5.74, 6) is -1.60. The zero-order valence-corrected chi connectivity index (χ0v) is 18.8.